The average molecular weight is 278 g/mol. The van der Waals surface area contributed by atoms with Gasteiger partial charge in [0.15, 0.2) is 5.60 Å². The van der Waals surface area contributed by atoms with Crippen molar-refractivity contribution in [3.63, 3.8) is 0 Å². The average Bonchev–Trinajstić information content (AvgIpc) is 2.26. The Morgan fingerprint density at radius 2 is 1.85 bits per heavy atom. The Labute approximate surface area is 117 Å². The third-order valence-electron chi connectivity index (χ3n) is 2.78. The van der Waals surface area contributed by atoms with E-state index < -0.39 is 17.5 Å². The summed E-state index contributed by atoms with van der Waals surface area (Å²) in [5.41, 5.74) is 0.556. The maximum atomic E-state index is 11.1. The molecule has 5 nitrogen and oxygen atoms in total. The third-order valence-corrected chi connectivity index (χ3v) is 2.78. The lowest BCUT2D eigenvalue weighted by molar-refractivity contribution is -0.152. The predicted molar refractivity (Wildman–Crippen MR) is 74.8 cm³/mol. The van der Waals surface area contributed by atoms with Crippen molar-refractivity contribution in [1.82, 2.24) is 0 Å². The topological polar surface area (TPSA) is 83.8 Å². The van der Waals surface area contributed by atoms with Gasteiger partial charge in [0.05, 0.1) is 0 Å². The molecule has 0 spiro atoms. The summed E-state index contributed by atoms with van der Waals surface area (Å²) in [6.45, 7) is 6.37. The van der Waals surface area contributed by atoms with E-state index in [0.29, 0.717) is 16.9 Å². The number of hydrogen-bond donors (Lipinski definition) is 2. The molecule has 0 aliphatic heterocycles. The van der Waals surface area contributed by atoms with E-state index in [-0.39, 0.29) is 0 Å². The minimum absolute atomic E-state index is 0.354. The molecule has 1 aromatic rings. The maximum Gasteiger partial charge on any atom is 0.347 e. The van der Waals surface area contributed by atoms with Crippen LogP contribution in [0.25, 0.3) is 5.57 Å². The molecule has 0 fully saturated rings. The van der Waals surface area contributed by atoms with Crippen molar-refractivity contribution in [1.29, 1.82) is 0 Å². The summed E-state index contributed by atoms with van der Waals surface area (Å²) in [6, 6.07) is 5.23. The first-order chi connectivity index (χ1) is 9.13. The fourth-order valence-electron chi connectivity index (χ4n) is 1.62. The van der Waals surface area contributed by atoms with E-state index in [1.165, 1.54) is 13.8 Å². The van der Waals surface area contributed by atoms with Gasteiger partial charge in [0, 0.05) is 11.6 Å². The first kappa shape index (κ1) is 15.8. The summed E-state index contributed by atoms with van der Waals surface area (Å²) in [5.74, 6) is -1.80. The van der Waals surface area contributed by atoms with E-state index in [0.717, 1.165) is 11.6 Å². The molecule has 2 N–H and O–H groups in total. The second-order valence-electron chi connectivity index (χ2n) is 5.08. The van der Waals surface area contributed by atoms with Crippen molar-refractivity contribution in [3.05, 3.63) is 35.4 Å². The van der Waals surface area contributed by atoms with E-state index in [1.807, 2.05) is 13.0 Å². The van der Waals surface area contributed by atoms with Crippen LogP contribution in [-0.4, -0.2) is 27.8 Å². The highest BCUT2D eigenvalue weighted by atomic mass is 16.5. The molecule has 0 aromatic heterocycles. The molecule has 5 heteroatoms. The summed E-state index contributed by atoms with van der Waals surface area (Å²) in [7, 11) is 0. The van der Waals surface area contributed by atoms with Crippen molar-refractivity contribution in [2.45, 2.75) is 33.3 Å². The summed E-state index contributed by atoms with van der Waals surface area (Å²) >= 11 is 0. The SMILES string of the molecule is C/C(=C/C(=O)O)c1ccc(C)cc1OC(C)(C)C(=O)O. The predicted octanol–water partition coefficient (Wildman–Crippen LogP) is 2.72. The molecule has 0 atom stereocenters. The highest BCUT2D eigenvalue weighted by molar-refractivity contribution is 5.90. The zero-order chi connectivity index (χ0) is 15.5. The van der Waals surface area contributed by atoms with Crippen LogP contribution in [0.1, 0.15) is 31.9 Å². The summed E-state index contributed by atoms with van der Waals surface area (Å²) in [5, 5.41) is 17.9. The van der Waals surface area contributed by atoms with Crippen LogP contribution in [0.2, 0.25) is 0 Å². The van der Waals surface area contributed by atoms with Crippen LogP contribution in [-0.2, 0) is 9.59 Å². The zero-order valence-electron chi connectivity index (χ0n) is 11.9. The molecule has 0 aliphatic carbocycles. The Morgan fingerprint density at radius 3 is 2.35 bits per heavy atom. The maximum absolute atomic E-state index is 11.1. The smallest absolute Gasteiger partial charge is 0.347 e. The molecule has 0 heterocycles. The molecule has 0 bridgehead atoms. The molecule has 1 aromatic carbocycles. The van der Waals surface area contributed by atoms with Crippen LogP contribution in [0.3, 0.4) is 0 Å². The molecular formula is C15H18O5. The quantitative estimate of drug-likeness (QED) is 0.809. The molecule has 0 amide bonds. The van der Waals surface area contributed by atoms with Crippen molar-refractivity contribution in [2.24, 2.45) is 0 Å². The van der Waals surface area contributed by atoms with Crippen molar-refractivity contribution < 1.29 is 24.5 Å². The van der Waals surface area contributed by atoms with Gasteiger partial charge >= 0.3 is 11.9 Å². The number of carboxylic acids is 2. The molecule has 108 valence electrons. The van der Waals surface area contributed by atoms with Crippen molar-refractivity contribution in [2.75, 3.05) is 0 Å². The lowest BCUT2D eigenvalue weighted by atomic mass is 10.0. The van der Waals surface area contributed by atoms with Gasteiger partial charge in [-0.15, -0.1) is 0 Å². The molecule has 0 unspecified atom stereocenters. The van der Waals surface area contributed by atoms with Crippen LogP contribution < -0.4 is 4.74 Å². The molecule has 0 saturated heterocycles. The highest BCUT2D eigenvalue weighted by Gasteiger charge is 2.30. The van der Waals surface area contributed by atoms with Crippen molar-refractivity contribution in [3.8, 4) is 5.75 Å². The van der Waals surface area contributed by atoms with Gasteiger partial charge < -0.3 is 14.9 Å². The van der Waals surface area contributed by atoms with Gasteiger partial charge in [-0.05, 0) is 44.9 Å². The van der Waals surface area contributed by atoms with Gasteiger partial charge in [-0.3, -0.25) is 0 Å². The molecule has 0 radical (unpaired) electrons. The Hall–Kier alpha value is -2.30. The van der Waals surface area contributed by atoms with E-state index in [2.05, 4.69) is 0 Å². The molecule has 20 heavy (non-hydrogen) atoms. The van der Waals surface area contributed by atoms with E-state index in [4.69, 9.17) is 14.9 Å². The number of allylic oxidation sites excluding steroid dienone is 1. The van der Waals surface area contributed by atoms with Gasteiger partial charge in [-0.2, -0.15) is 0 Å². The first-order valence-electron chi connectivity index (χ1n) is 6.08. The fraction of sp³-hybridized carbons (Fsp3) is 0.333. The second-order valence-corrected chi connectivity index (χ2v) is 5.08. The number of ether oxygens (including phenoxy) is 1. The minimum Gasteiger partial charge on any atom is -0.478 e. The van der Waals surface area contributed by atoms with Crippen molar-refractivity contribution >= 4 is 17.5 Å². The molecule has 1 rings (SSSR count). The van der Waals surface area contributed by atoms with Gasteiger partial charge in [-0.1, -0.05) is 12.1 Å². The number of aliphatic carboxylic acids is 2. The second kappa shape index (κ2) is 5.77. The minimum atomic E-state index is -1.40. The van der Waals surface area contributed by atoms with Crippen LogP contribution in [0, 0.1) is 6.92 Å². The standard InChI is InChI=1S/C15H18O5/c1-9-5-6-11(10(2)8-13(16)17)12(7-9)20-15(3,4)14(18)19/h5-8H,1-4H3,(H,16,17)(H,18,19)/b10-8-. The van der Waals surface area contributed by atoms with Crippen LogP contribution >= 0.6 is 0 Å². The number of carbonyl (C=O) groups is 2. The Morgan fingerprint density at radius 1 is 1.25 bits per heavy atom. The summed E-state index contributed by atoms with van der Waals surface area (Å²) in [6.07, 6.45) is 1.06. The summed E-state index contributed by atoms with van der Waals surface area (Å²) in [4.78, 5) is 21.9. The van der Waals surface area contributed by atoms with Gasteiger partial charge in [0.1, 0.15) is 5.75 Å². The molecular weight excluding hydrogens is 260 g/mol. The third kappa shape index (κ3) is 3.85. The van der Waals surface area contributed by atoms with Gasteiger partial charge in [0.25, 0.3) is 0 Å². The monoisotopic (exact) mass is 278 g/mol. The number of carboxylic acid groups (broad SMARTS) is 2. The fourth-order valence-corrected chi connectivity index (χ4v) is 1.62. The number of hydrogen-bond acceptors (Lipinski definition) is 3. The van der Waals surface area contributed by atoms with E-state index in [9.17, 15) is 9.59 Å². The highest BCUT2D eigenvalue weighted by Crippen LogP contribution is 2.30. The van der Waals surface area contributed by atoms with E-state index in [1.54, 1.807) is 19.1 Å². The van der Waals surface area contributed by atoms with Crippen LogP contribution in [0.5, 0.6) is 5.75 Å². The van der Waals surface area contributed by atoms with Gasteiger partial charge in [0.2, 0.25) is 0 Å². The van der Waals surface area contributed by atoms with Crippen LogP contribution in [0.4, 0.5) is 0 Å². The molecule has 0 aliphatic rings. The normalized spacial score (nSPS) is 12.1. The van der Waals surface area contributed by atoms with Crippen LogP contribution in [0.15, 0.2) is 24.3 Å². The first-order valence-corrected chi connectivity index (χ1v) is 6.08. The zero-order valence-corrected chi connectivity index (χ0v) is 11.9. The van der Waals surface area contributed by atoms with Gasteiger partial charge in [-0.25, -0.2) is 9.59 Å². The Balaban J connectivity index is 3.28. The Kier molecular flexibility index (Phi) is 4.55. The summed E-state index contributed by atoms with van der Waals surface area (Å²) < 4.78 is 5.54. The lowest BCUT2D eigenvalue weighted by Crippen LogP contribution is -2.38. The molecule has 0 saturated carbocycles. The lowest BCUT2D eigenvalue weighted by Gasteiger charge is -2.23. The number of benzene rings is 1. The van der Waals surface area contributed by atoms with E-state index >= 15 is 0 Å². The number of rotatable bonds is 5. The number of aryl methyl sites for hydroxylation is 1. The largest absolute Gasteiger partial charge is 0.478 e. The Bertz CT molecular complexity index is 570.